The number of hydrogen-bond donors (Lipinski definition) is 2. The van der Waals surface area contributed by atoms with Gasteiger partial charge >= 0.3 is 5.97 Å². The molecule has 8 heteroatoms. The SMILES string of the molecule is CC[C@H](CC[C@@H](C)[C@H]1CC[C@H]2[C@@H]3CC=C4C[C@@H](OC(=O)CCCC(=O)N(CCCCCCCC(C)(C)N)CCC(C)(C)N)CC[C@]4(C)[C@H]3CC[C@]12C)C(C)C.Cl.Cl. The molecule has 9 atom stereocenters. The largest absolute Gasteiger partial charge is 0.462 e. The molecular weight excluding hydrogens is 749 g/mol. The highest BCUT2D eigenvalue weighted by Gasteiger charge is 2.59. The maximum absolute atomic E-state index is 13.4. The number of carbonyl (C=O) groups excluding carboxylic acids is 2. The molecule has 57 heavy (non-hydrogen) atoms. The Kier molecular flexibility index (Phi) is 21.0. The lowest BCUT2D eigenvalue weighted by atomic mass is 9.47. The summed E-state index contributed by atoms with van der Waals surface area (Å²) < 4.78 is 6.15. The third kappa shape index (κ3) is 14.7. The van der Waals surface area contributed by atoms with Crippen molar-refractivity contribution in [2.45, 2.75) is 221 Å². The normalized spacial score (nSPS) is 29.5. The first-order chi connectivity index (χ1) is 25.8. The number of amides is 1. The van der Waals surface area contributed by atoms with E-state index in [4.69, 9.17) is 16.2 Å². The number of carbonyl (C=O) groups is 2. The Morgan fingerprint density at radius 3 is 2.14 bits per heavy atom. The molecule has 3 fully saturated rings. The summed E-state index contributed by atoms with van der Waals surface area (Å²) >= 11 is 0. The van der Waals surface area contributed by atoms with Crippen LogP contribution in [0.15, 0.2) is 11.6 Å². The fourth-order valence-electron chi connectivity index (χ4n) is 12.4. The van der Waals surface area contributed by atoms with Crippen molar-refractivity contribution in [3.05, 3.63) is 11.6 Å². The lowest BCUT2D eigenvalue weighted by molar-refractivity contribution is -0.151. The molecule has 0 saturated heterocycles. The molecule has 1 amide bonds. The van der Waals surface area contributed by atoms with Gasteiger partial charge in [-0.2, -0.15) is 0 Å². The summed E-state index contributed by atoms with van der Waals surface area (Å²) in [6.45, 7) is 24.7. The molecule has 0 bridgehead atoms. The van der Waals surface area contributed by atoms with Crippen LogP contribution in [-0.4, -0.2) is 47.0 Å². The molecule has 4 N–H and O–H groups in total. The van der Waals surface area contributed by atoms with Crippen molar-refractivity contribution >= 4 is 36.7 Å². The van der Waals surface area contributed by atoms with E-state index in [1.54, 1.807) is 5.57 Å². The molecule has 0 unspecified atom stereocenters. The van der Waals surface area contributed by atoms with E-state index >= 15 is 0 Å². The minimum atomic E-state index is -0.316. The predicted octanol–water partition coefficient (Wildman–Crippen LogP) is 12.6. The second-order valence-corrected chi connectivity index (χ2v) is 21.8. The van der Waals surface area contributed by atoms with E-state index in [0.717, 1.165) is 99.3 Å². The number of nitrogens with zero attached hydrogens (tertiary/aromatic N) is 1. The molecule has 0 heterocycles. The van der Waals surface area contributed by atoms with Gasteiger partial charge in [0.05, 0.1) is 0 Å². The molecule has 4 aliphatic rings. The predicted molar refractivity (Wildman–Crippen MR) is 246 cm³/mol. The van der Waals surface area contributed by atoms with Crippen LogP contribution in [0.4, 0.5) is 0 Å². The fourth-order valence-corrected chi connectivity index (χ4v) is 12.4. The number of fused-ring (bicyclic) bond motifs is 5. The molecule has 0 radical (unpaired) electrons. The van der Waals surface area contributed by atoms with Gasteiger partial charge in [-0.05, 0) is 157 Å². The summed E-state index contributed by atoms with van der Waals surface area (Å²) in [4.78, 5) is 28.5. The molecule has 4 aliphatic carbocycles. The third-order valence-corrected chi connectivity index (χ3v) is 16.0. The number of halogens is 2. The summed E-state index contributed by atoms with van der Waals surface area (Å²) in [7, 11) is 0. The highest BCUT2D eigenvalue weighted by molar-refractivity contribution is 5.85. The Labute approximate surface area is 364 Å². The van der Waals surface area contributed by atoms with Crippen molar-refractivity contribution in [1.82, 2.24) is 4.90 Å². The van der Waals surface area contributed by atoms with Gasteiger partial charge in [-0.15, -0.1) is 24.8 Å². The fraction of sp³-hybridized carbons (Fsp3) is 0.918. The zero-order chi connectivity index (χ0) is 40.6. The molecule has 6 nitrogen and oxygen atoms in total. The van der Waals surface area contributed by atoms with Gasteiger partial charge in [0, 0.05) is 43.4 Å². The van der Waals surface area contributed by atoms with E-state index in [2.05, 4.69) is 61.5 Å². The first-order valence-corrected chi connectivity index (χ1v) is 23.5. The standard InChI is InChI=1S/C49H89N3O3.2ClH/c1-11-37(35(2)3)21-20-36(4)41-24-25-42-40-23-22-38-34-39(26-29-48(38,9)43(40)27-30-49(41,42)10)55-45(54)19-17-18-44(53)52(33-31-47(7,8)51)32-16-14-12-13-15-28-46(5,6)50;;/h22,35-37,39-43H,11-21,23-34,50-51H2,1-10H3;2*1H/t36-,37-,39+,40+,41-,42+,43+,48+,49-;;/m1../s1. The monoisotopic (exact) mass is 840 g/mol. The molecule has 0 aliphatic heterocycles. The van der Waals surface area contributed by atoms with Crippen LogP contribution >= 0.6 is 24.8 Å². The van der Waals surface area contributed by atoms with Gasteiger partial charge in [0.25, 0.3) is 0 Å². The number of ether oxygens (including phenoxy) is 1. The molecule has 4 rings (SSSR count). The number of unbranched alkanes of at least 4 members (excludes halogenated alkanes) is 4. The number of nitrogens with two attached hydrogens (primary N) is 2. The van der Waals surface area contributed by atoms with Gasteiger partial charge < -0.3 is 21.1 Å². The summed E-state index contributed by atoms with van der Waals surface area (Å²) in [5.74, 6) is 5.81. The van der Waals surface area contributed by atoms with E-state index in [1.807, 2.05) is 18.7 Å². The lowest BCUT2D eigenvalue weighted by Crippen LogP contribution is -2.51. The molecule has 0 spiro atoms. The Balaban J connectivity index is 0.00000561. The van der Waals surface area contributed by atoms with Crippen LogP contribution in [0.5, 0.6) is 0 Å². The van der Waals surface area contributed by atoms with E-state index in [1.165, 1.54) is 64.2 Å². The van der Waals surface area contributed by atoms with Crippen molar-refractivity contribution < 1.29 is 14.3 Å². The Bertz CT molecular complexity index is 1260. The van der Waals surface area contributed by atoms with Gasteiger partial charge in [-0.25, -0.2) is 0 Å². The van der Waals surface area contributed by atoms with Crippen molar-refractivity contribution in [3.8, 4) is 0 Å². The average Bonchev–Trinajstić information content (AvgIpc) is 3.45. The van der Waals surface area contributed by atoms with Crippen LogP contribution in [0, 0.1) is 52.3 Å². The van der Waals surface area contributed by atoms with E-state index in [-0.39, 0.29) is 59.3 Å². The van der Waals surface area contributed by atoms with Crippen LogP contribution in [0.2, 0.25) is 0 Å². The first kappa shape index (κ1) is 52.3. The van der Waals surface area contributed by atoms with Gasteiger partial charge in [0.15, 0.2) is 0 Å². The van der Waals surface area contributed by atoms with Crippen molar-refractivity contribution in [2.24, 2.45) is 63.7 Å². The highest BCUT2D eigenvalue weighted by Crippen LogP contribution is 2.67. The summed E-state index contributed by atoms with van der Waals surface area (Å²) in [5.41, 5.74) is 14.3. The van der Waals surface area contributed by atoms with E-state index < -0.39 is 0 Å². The molecular formula is C49H91Cl2N3O3. The highest BCUT2D eigenvalue weighted by atomic mass is 35.5. The summed E-state index contributed by atoms with van der Waals surface area (Å²) in [5, 5.41) is 0. The summed E-state index contributed by atoms with van der Waals surface area (Å²) in [6.07, 6.45) is 25.2. The van der Waals surface area contributed by atoms with Crippen LogP contribution in [0.3, 0.4) is 0 Å². The topological polar surface area (TPSA) is 98.7 Å². The van der Waals surface area contributed by atoms with Crippen molar-refractivity contribution in [1.29, 1.82) is 0 Å². The van der Waals surface area contributed by atoms with Crippen LogP contribution in [0.25, 0.3) is 0 Å². The maximum Gasteiger partial charge on any atom is 0.306 e. The average molecular weight is 841 g/mol. The number of allylic oxidation sites excluding steroid dienone is 1. The Morgan fingerprint density at radius 1 is 0.825 bits per heavy atom. The molecule has 0 aromatic heterocycles. The van der Waals surface area contributed by atoms with Gasteiger partial charge in [0.1, 0.15) is 6.10 Å². The lowest BCUT2D eigenvalue weighted by Gasteiger charge is -2.58. The van der Waals surface area contributed by atoms with Gasteiger partial charge in [-0.3, -0.25) is 9.59 Å². The molecule has 3 saturated carbocycles. The molecule has 0 aromatic carbocycles. The number of hydrogen-bond acceptors (Lipinski definition) is 5. The first-order valence-electron chi connectivity index (χ1n) is 23.5. The van der Waals surface area contributed by atoms with Crippen molar-refractivity contribution in [3.63, 3.8) is 0 Å². The second-order valence-electron chi connectivity index (χ2n) is 21.8. The van der Waals surface area contributed by atoms with Crippen LogP contribution in [-0.2, 0) is 14.3 Å². The molecule has 0 aromatic rings. The van der Waals surface area contributed by atoms with Crippen LogP contribution < -0.4 is 11.5 Å². The minimum absolute atomic E-state index is 0. The Morgan fingerprint density at radius 2 is 1.49 bits per heavy atom. The van der Waals surface area contributed by atoms with Crippen LogP contribution in [0.1, 0.15) is 204 Å². The van der Waals surface area contributed by atoms with Gasteiger partial charge in [0.2, 0.25) is 5.91 Å². The molecule has 334 valence electrons. The minimum Gasteiger partial charge on any atom is -0.462 e. The van der Waals surface area contributed by atoms with Gasteiger partial charge in [-0.1, -0.05) is 91.7 Å². The second kappa shape index (κ2) is 22.9. The van der Waals surface area contributed by atoms with E-state index in [0.29, 0.717) is 31.2 Å². The maximum atomic E-state index is 13.4. The summed E-state index contributed by atoms with van der Waals surface area (Å²) in [6, 6.07) is 0. The third-order valence-electron chi connectivity index (χ3n) is 16.0. The number of rotatable bonds is 22. The zero-order valence-electron chi connectivity index (χ0n) is 38.6. The van der Waals surface area contributed by atoms with E-state index in [9.17, 15) is 9.59 Å². The zero-order valence-corrected chi connectivity index (χ0v) is 40.2. The van der Waals surface area contributed by atoms with Crippen molar-refractivity contribution in [2.75, 3.05) is 13.1 Å². The Hall–Kier alpha value is -0.820. The number of esters is 1. The quantitative estimate of drug-likeness (QED) is 0.0643. The smallest absolute Gasteiger partial charge is 0.306 e.